The van der Waals surface area contributed by atoms with Gasteiger partial charge in [-0.2, -0.15) is 13.2 Å². The van der Waals surface area contributed by atoms with Crippen molar-refractivity contribution in [2.75, 3.05) is 17.1 Å². The minimum Gasteiger partial charge on any atom is -0.504 e. The number of anilines is 2. The summed E-state index contributed by atoms with van der Waals surface area (Å²) in [6, 6.07) is 18.2. The number of rotatable bonds is 8. The highest BCUT2D eigenvalue weighted by Gasteiger charge is 2.64. The van der Waals surface area contributed by atoms with Gasteiger partial charge in [0.2, 0.25) is 5.75 Å². The first-order valence-electron chi connectivity index (χ1n) is 10.3. The van der Waals surface area contributed by atoms with Crippen molar-refractivity contribution in [1.29, 1.82) is 0 Å². The van der Waals surface area contributed by atoms with Gasteiger partial charge < -0.3 is 15.2 Å². The van der Waals surface area contributed by atoms with Crippen LogP contribution in [0.25, 0.3) is 0 Å². The molecule has 3 N–H and O–H groups in total. The average molecular weight is 491 g/mol. The number of hydrogen-bond donors (Lipinski definition) is 3. The second kappa shape index (κ2) is 8.65. The predicted octanol–water partition coefficient (Wildman–Crippen LogP) is 5.01. The van der Waals surface area contributed by atoms with Crippen LogP contribution in [0.3, 0.4) is 0 Å². The Morgan fingerprint density at radius 2 is 1.82 bits per heavy atom. The molecule has 3 aromatic carbocycles. The van der Waals surface area contributed by atoms with Crippen molar-refractivity contribution >= 4 is 21.4 Å². The fourth-order valence-electron chi connectivity index (χ4n) is 3.65. The summed E-state index contributed by atoms with van der Waals surface area (Å²) in [5.41, 5.74) is -0.671. The molecule has 1 fully saturated rings. The molecule has 0 aromatic heterocycles. The summed E-state index contributed by atoms with van der Waals surface area (Å²) >= 11 is 0. The summed E-state index contributed by atoms with van der Waals surface area (Å²) in [5, 5.41) is 13.2. The Bertz CT molecular complexity index is 1290. The molecular weight excluding hydrogens is 469 g/mol. The van der Waals surface area contributed by atoms with E-state index in [0.717, 1.165) is 0 Å². The molecule has 0 atom stereocenters. The highest BCUT2D eigenvalue weighted by molar-refractivity contribution is 7.92. The molecule has 0 aliphatic heterocycles. The maximum absolute atomic E-state index is 13.4. The molecular formula is C24H21F3N2O4S. The Kier molecular flexibility index (Phi) is 6.00. The van der Waals surface area contributed by atoms with Gasteiger partial charge in [-0.15, -0.1) is 0 Å². The lowest BCUT2D eigenvalue weighted by molar-refractivity contribution is -0.160. The van der Waals surface area contributed by atoms with Gasteiger partial charge in [-0.3, -0.25) is 4.72 Å². The Balaban J connectivity index is 1.45. The maximum atomic E-state index is 13.4. The molecule has 0 amide bonds. The monoisotopic (exact) mass is 490 g/mol. The molecule has 3 aromatic rings. The third-order valence-electron chi connectivity index (χ3n) is 5.76. The number of aromatic hydroxyl groups is 1. The molecule has 4 rings (SSSR count). The summed E-state index contributed by atoms with van der Waals surface area (Å²) in [7, 11) is -2.61. The largest absolute Gasteiger partial charge is 0.504 e. The summed E-state index contributed by atoms with van der Waals surface area (Å²) in [6.45, 7) is 0.228. The van der Waals surface area contributed by atoms with Gasteiger partial charge in [0.1, 0.15) is 0 Å². The SMILES string of the molecule is COc1c#ccc(CNc2ccc(S(=O)(=O)Nc3cccc(C4(C(F)(F)F)CC4)c3)cc2)c1O. The number of methoxy groups -OCH3 is 1. The highest BCUT2D eigenvalue weighted by Crippen LogP contribution is 2.59. The average Bonchev–Trinajstić information content (AvgIpc) is 3.61. The van der Waals surface area contributed by atoms with E-state index in [1.165, 1.54) is 43.5 Å². The zero-order chi connectivity index (χ0) is 24.6. The van der Waals surface area contributed by atoms with Crippen molar-refractivity contribution in [3.05, 3.63) is 77.9 Å². The van der Waals surface area contributed by atoms with E-state index < -0.39 is 21.6 Å². The van der Waals surface area contributed by atoms with Crippen LogP contribution in [-0.2, 0) is 22.0 Å². The molecule has 34 heavy (non-hydrogen) atoms. The van der Waals surface area contributed by atoms with Crippen LogP contribution in [0.15, 0.2) is 59.5 Å². The van der Waals surface area contributed by atoms with Gasteiger partial charge in [-0.1, -0.05) is 18.2 Å². The minimum atomic E-state index is -4.38. The Morgan fingerprint density at radius 1 is 1.12 bits per heavy atom. The molecule has 1 saturated carbocycles. The minimum absolute atomic E-state index is 0.00894. The molecule has 10 heteroatoms. The van der Waals surface area contributed by atoms with E-state index in [0.29, 0.717) is 11.3 Å². The van der Waals surface area contributed by atoms with Gasteiger partial charge in [0.15, 0.2) is 5.75 Å². The molecule has 0 heterocycles. The van der Waals surface area contributed by atoms with Gasteiger partial charge in [-0.25, -0.2) is 8.42 Å². The summed E-state index contributed by atoms with van der Waals surface area (Å²) in [4.78, 5) is -0.0485. The topological polar surface area (TPSA) is 87.7 Å². The van der Waals surface area contributed by atoms with Gasteiger partial charge in [-0.05, 0) is 66.9 Å². The van der Waals surface area contributed by atoms with Crippen molar-refractivity contribution in [2.24, 2.45) is 0 Å². The normalized spacial score (nSPS) is 14.7. The summed E-state index contributed by atoms with van der Waals surface area (Å²) in [5.74, 6) is 0.0941. The number of halogens is 3. The van der Waals surface area contributed by atoms with Crippen molar-refractivity contribution in [3.63, 3.8) is 0 Å². The molecule has 6 nitrogen and oxygen atoms in total. The molecule has 0 radical (unpaired) electrons. The lowest BCUT2D eigenvalue weighted by Gasteiger charge is -2.20. The number of alkyl halides is 3. The lowest BCUT2D eigenvalue weighted by atomic mass is 9.95. The van der Waals surface area contributed by atoms with Crippen LogP contribution in [0.2, 0.25) is 0 Å². The summed E-state index contributed by atoms with van der Waals surface area (Å²) in [6.07, 6.45) is -4.40. The molecule has 0 unspecified atom stereocenters. The van der Waals surface area contributed by atoms with Crippen LogP contribution < -0.4 is 14.8 Å². The van der Waals surface area contributed by atoms with Gasteiger partial charge in [0.25, 0.3) is 10.0 Å². The lowest BCUT2D eigenvalue weighted by Crippen LogP contribution is -2.28. The highest BCUT2D eigenvalue weighted by atomic mass is 32.2. The first-order chi connectivity index (χ1) is 16.1. The van der Waals surface area contributed by atoms with Crippen LogP contribution in [0.1, 0.15) is 24.0 Å². The first kappa shape index (κ1) is 23.6. The second-order valence-corrected chi connectivity index (χ2v) is 9.65. The Hall–Kier alpha value is -3.58. The molecule has 1 aliphatic carbocycles. The van der Waals surface area contributed by atoms with E-state index in [1.54, 1.807) is 18.2 Å². The number of sulfonamides is 1. The van der Waals surface area contributed by atoms with Crippen LogP contribution >= 0.6 is 0 Å². The quantitative estimate of drug-likeness (QED) is 0.413. The fourth-order valence-corrected chi connectivity index (χ4v) is 4.70. The van der Waals surface area contributed by atoms with Crippen LogP contribution in [0.4, 0.5) is 24.5 Å². The van der Waals surface area contributed by atoms with Crippen LogP contribution in [-0.4, -0.2) is 26.8 Å². The van der Waals surface area contributed by atoms with Gasteiger partial charge in [0.05, 0.1) is 17.4 Å². The number of nitrogens with one attached hydrogen (secondary N) is 2. The molecule has 0 saturated heterocycles. The number of benzene rings is 2. The molecule has 1 aliphatic rings. The number of ether oxygens (including phenoxy) is 1. The Morgan fingerprint density at radius 3 is 2.44 bits per heavy atom. The zero-order valence-electron chi connectivity index (χ0n) is 18.0. The van der Waals surface area contributed by atoms with Crippen LogP contribution in [0.5, 0.6) is 11.5 Å². The van der Waals surface area contributed by atoms with Crippen molar-refractivity contribution in [2.45, 2.75) is 35.9 Å². The third kappa shape index (κ3) is 4.56. The molecule has 178 valence electrons. The fraction of sp³-hybridized carbons (Fsp3) is 0.250. The molecule has 0 bridgehead atoms. The van der Waals surface area contributed by atoms with E-state index >= 15 is 0 Å². The smallest absolute Gasteiger partial charge is 0.398 e. The van der Waals surface area contributed by atoms with Crippen molar-refractivity contribution in [3.8, 4) is 11.5 Å². The van der Waals surface area contributed by atoms with E-state index in [2.05, 4.69) is 22.2 Å². The Labute approximate surface area is 195 Å². The van der Waals surface area contributed by atoms with Crippen molar-refractivity contribution in [1.82, 2.24) is 0 Å². The van der Waals surface area contributed by atoms with Gasteiger partial charge in [0, 0.05) is 23.5 Å². The van der Waals surface area contributed by atoms with E-state index in [-0.39, 0.29) is 47.0 Å². The van der Waals surface area contributed by atoms with E-state index in [1.807, 2.05) is 0 Å². The first-order valence-corrected chi connectivity index (χ1v) is 11.8. The van der Waals surface area contributed by atoms with E-state index in [9.17, 15) is 26.7 Å². The number of hydrogen-bond acceptors (Lipinski definition) is 5. The van der Waals surface area contributed by atoms with Crippen molar-refractivity contribution < 1.29 is 31.4 Å². The maximum Gasteiger partial charge on any atom is 0.398 e. The van der Waals surface area contributed by atoms with E-state index in [4.69, 9.17) is 4.74 Å². The predicted molar refractivity (Wildman–Crippen MR) is 120 cm³/mol. The molecule has 0 spiro atoms. The van der Waals surface area contributed by atoms with Gasteiger partial charge >= 0.3 is 6.18 Å². The second-order valence-electron chi connectivity index (χ2n) is 7.96. The van der Waals surface area contributed by atoms with Crippen LogP contribution in [0, 0.1) is 12.1 Å². The third-order valence-corrected chi connectivity index (χ3v) is 7.16. The summed E-state index contributed by atoms with van der Waals surface area (Å²) < 4.78 is 73.1. The standard InChI is InChI=1S/C24H21F3N2O4S/c1-33-21-7-2-4-16(22(21)30)15-28-18-8-10-20(11-9-18)34(31,32)29-19-6-3-5-17(14-19)23(12-13-23)24(25,26)27/h3-6,8-11,14,28-30H,12-13,15H2,1H3. The zero-order valence-corrected chi connectivity index (χ0v) is 18.8.